The van der Waals surface area contributed by atoms with Crippen molar-refractivity contribution in [3.8, 4) is 17.2 Å². The van der Waals surface area contributed by atoms with Crippen LogP contribution >= 0.6 is 0 Å². The van der Waals surface area contributed by atoms with E-state index in [0.29, 0.717) is 6.61 Å². The standard InChI is InChI=1S/C23H32N2O3/c1-6-16-7-8-18(20(13-16)26-4)23-19-15-22(28-12-11-25(2)3)21(27-5)14-17(19)9-10-24-23/h7-8,13-15,23-24H,6,9-12H2,1-5H3. The highest BCUT2D eigenvalue weighted by atomic mass is 16.5. The second-order valence-corrected chi connectivity index (χ2v) is 7.42. The Morgan fingerprint density at radius 1 is 1.00 bits per heavy atom. The predicted molar refractivity (Wildman–Crippen MR) is 113 cm³/mol. The maximum Gasteiger partial charge on any atom is 0.161 e. The van der Waals surface area contributed by atoms with E-state index in [-0.39, 0.29) is 6.04 Å². The predicted octanol–water partition coefficient (Wildman–Crippen LogP) is 3.44. The van der Waals surface area contributed by atoms with E-state index in [1.54, 1.807) is 14.2 Å². The molecule has 0 amide bonds. The fraction of sp³-hybridized carbons (Fsp3) is 0.478. The molecule has 0 aromatic heterocycles. The molecule has 28 heavy (non-hydrogen) atoms. The van der Waals surface area contributed by atoms with Crippen molar-refractivity contribution in [2.75, 3.05) is 48.0 Å². The van der Waals surface area contributed by atoms with E-state index in [9.17, 15) is 0 Å². The Kier molecular flexibility index (Phi) is 6.81. The van der Waals surface area contributed by atoms with Crippen LogP contribution in [0.3, 0.4) is 0 Å². The van der Waals surface area contributed by atoms with Crippen LogP contribution in [0.1, 0.15) is 35.2 Å². The Morgan fingerprint density at radius 3 is 2.46 bits per heavy atom. The Hall–Kier alpha value is -2.24. The molecule has 2 aromatic carbocycles. The Labute approximate surface area is 168 Å². The summed E-state index contributed by atoms with van der Waals surface area (Å²) in [5, 5.41) is 3.66. The summed E-state index contributed by atoms with van der Waals surface area (Å²) in [6.07, 6.45) is 1.96. The van der Waals surface area contributed by atoms with Gasteiger partial charge in [0, 0.05) is 18.7 Å². The fourth-order valence-electron chi connectivity index (χ4n) is 3.67. The van der Waals surface area contributed by atoms with Crippen LogP contribution in [-0.4, -0.2) is 52.9 Å². The SMILES string of the molecule is CCc1ccc(C2NCCc3cc(OC)c(OCCN(C)C)cc32)c(OC)c1. The van der Waals surface area contributed by atoms with Gasteiger partial charge in [0.25, 0.3) is 0 Å². The van der Waals surface area contributed by atoms with Gasteiger partial charge in [-0.1, -0.05) is 19.1 Å². The van der Waals surface area contributed by atoms with Crippen molar-refractivity contribution in [1.82, 2.24) is 10.2 Å². The molecule has 5 nitrogen and oxygen atoms in total. The molecule has 1 aliphatic heterocycles. The number of rotatable bonds is 8. The topological polar surface area (TPSA) is 43.0 Å². The van der Waals surface area contributed by atoms with Crippen molar-refractivity contribution < 1.29 is 14.2 Å². The van der Waals surface area contributed by atoms with Gasteiger partial charge in [0.05, 0.1) is 20.3 Å². The average Bonchev–Trinajstić information content (AvgIpc) is 2.72. The van der Waals surface area contributed by atoms with Crippen LogP contribution in [0.25, 0.3) is 0 Å². The quantitative estimate of drug-likeness (QED) is 0.755. The highest BCUT2D eigenvalue weighted by Crippen LogP contribution is 2.40. The molecule has 1 aliphatic rings. The minimum Gasteiger partial charge on any atom is -0.496 e. The first-order chi connectivity index (χ1) is 13.6. The summed E-state index contributed by atoms with van der Waals surface area (Å²) in [4.78, 5) is 2.11. The second-order valence-electron chi connectivity index (χ2n) is 7.42. The lowest BCUT2D eigenvalue weighted by molar-refractivity contribution is 0.250. The third kappa shape index (κ3) is 4.42. The number of likely N-dealkylation sites (N-methyl/N-ethyl adjacent to an activating group) is 1. The van der Waals surface area contributed by atoms with Gasteiger partial charge in [-0.15, -0.1) is 0 Å². The molecule has 3 rings (SSSR count). The highest BCUT2D eigenvalue weighted by Gasteiger charge is 2.26. The molecule has 1 N–H and O–H groups in total. The fourth-order valence-corrected chi connectivity index (χ4v) is 3.67. The number of aryl methyl sites for hydroxylation is 1. The third-order valence-electron chi connectivity index (χ3n) is 5.29. The lowest BCUT2D eigenvalue weighted by Crippen LogP contribution is -2.31. The molecule has 1 unspecified atom stereocenters. The normalized spacial score (nSPS) is 16.0. The molecule has 0 fully saturated rings. The summed E-state index contributed by atoms with van der Waals surface area (Å²) in [7, 11) is 7.52. The lowest BCUT2D eigenvalue weighted by Gasteiger charge is -2.30. The van der Waals surface area contributed by atoms with Gasteiger partial charge in [0.2, 0.25) is 0 Å². The first kappa shape index (κ1) is 20.5. The minimum atomic E-state index is 0.0757. The van der Waals surface area contributed by atoms with Gasteiger partial charge in [-0.2, -0.15) is 0 Å². The second kappa shape index (κ2) is 9.30. The molecular weight excluding hydrogens is 352 g/mol. The van der Waals surface area contributed by atoms with Crippen molar-refractivity contribution in [2.45, 2.75) is 25.8 Å². The molecular formula is C23H32N2O3. The molecule has 1 heterocycles. The number of hydrogen-bond donors (Lipinski definition) is 1. The maximum atomic E-state index is 6.06. The number of fused-ring (bicyclic) bond motifs is 1. The summed E-state index contributed by atoms with van der Waals surface area (Å²) in [5.74, 6) is 2.52. The third-order valence-corrected chi connectivity index (χ3v) is 5.29. The van der Waals surface area contributed by atoms with Gasteiger partial charge in [0.15, 0.2) is 11.5 Å². The number of hydrogen-bond acceptors (Lipinski definition) is 5. The van der Waals surface area contributed by atoms with Crippen molar-refractivity contribution in [3.05, 3.63) is 52.6 Å². The van der Waals surface area contributed by atoms with Gasteiger partial charge in [-0.05, 0) is 61.8 Å². The van der Waals surface area contributed by atoms with Crippen LogP contribution in [0.4, 0.5) is 0 Å². The monoisotopic (exact) mass is 384 g/mol. The molecule has 0 saturated carbocycles. The van der Waals surface area contributed by atoms with Crippen LogP contribution in [0.15, 0.2) is 30.3 Å². The van der Waals surface area contributed by atoms with E-state index < -0.39 is 0 Å². The van der Waals surface area contributed by atoms with Crippen molar-refractivity contribution in [1.29, 1.82) is 0 Å². The summed E-state index contributed by atoms with van der Waals surface area (Å²) in [6, 6.07) is 10.8. The smallest absolute Gasteiger partial charge is 0.161 e. The molecule has 0 bridgehead atoms. The Balaban J connectivity index is 1.98. The summed E-state index contributed by atoms with van der Waals surface area (Å²) in [5.41, 5.74) is 4.96. The minimum absolute atomic E-state index is 0.0757. The zero-order valence-electron chi connectivity index (χ0n) is 17.7. The van der Waals surface area contributed by atoms with Crippen molar-refractivity contribution in [2.24, 2.45) is 0 Å². The van der Waals surface area contributed by atoms with Crippen LogP contribution in [0.5, 0.6) is 17.2 Å². The summed E-state index contributed by atoms with van der Waals surface area (Å²) in [6.45, 7) is 4.55. The van der Waals surface area contributed by atoms with Crippen molar-refractivity contribution in [3.63, 3.8) is 0 Å². The number of methoxy groups -OCH3 is 2. The zero-order chi connectivity index (χ0) is 20.1. The lowest BCUT2D eigenvalue weighted by atomic mass is 9.88. The summed E-state index contributed by atoms with van der Waals surface area (Å²) >= 11 is 0. The average molecular weight is 385 g/mol. The van der Waals surface area contributed by atoms with Crippen LogP contribution in [0, 0.1) is 0 Å². The number of nitrogens with zero attached hydrogens (tertiary/aromatic N) is 1. The van der Waals surface area contributed by atoms with E-state index in [1.165, 1.54) is 16.7 Å². The zero-order valence-corrected chi connectivity index (χ0v) is 17.7. The van der Waals surface area contributed by atoms with Crippen LogP contribution in [0.2, 0.25) is 0 Å². The molecule has 0 aliphatic carbocycles. The highest BCUT2D eigenvalue weighted by molar-refractivity contribution is 5.53. The van der Waals surface area contributed by atoms with Gasteiger partial charge in [-0.3, -0.25) is 0 Å². The van der Waals surface area contributed by atoms with E-state index >= 15 is 0 Å². The van der Waals surface area contributed by atoms with Crippen molar-refractivity contribution >= 4 is 0 Å². The number of ether oxygens (including phenoxy) is 3. The molecule has 5 heteroatoms. The van der Waals surface area contributed by atoms with E-state index in [4.69, 9.17) is 14.2 Å². The maximum absolute atomic E-state index is 6.06. The molecule has 0 saturated heterocycles. The molecule has 1 atom stereocenters. The molecule has 0 spiro atoms. The van der Waals surface area contributed by atoms with Gasteiger partial charge in [-0.25, -0.2) is 0 Å². The van der Waals surface area contributed by atoms with E-state index in [1.807, 2.05) is 14.1 Å². The van der Waals surface area contributed by atoms with Gasteiger partial charge < -0.3 is 24.4 Å². The molecule has 152 valence electrons. The Morgan fingerprint density at radius 2 is 1.79 bits per heavy atom. The van der Waals surface area contributed by atoms with Crippen LogP contribution < -0.4 is 19.5 Å². The van der Waals surface area contributed by atoms with Crippen LogP contribution in [-0.2, 0) is 12.8 Å². The Bertz CT molecular complexity index is 805. The van der Waals surface area contributed by atoms with E-state index in [2.05, 4.69) is 47.5 Å². The number of benzene rings is 2. The first-order valence-electron chi connectivity index (χ1n) is 9.95. The van der Waals surface area contributed by atoms with Gasteiger partial charge >= 0.3 is 0 Å². The number of nitrogens with one attached hydrogen (secondary N) is 1. The molecule has 2 aromatic rings. The summed E-state index contributed by atoms with van der Waals surface area (Å²) < 4.78 is 17.4. The largest absolute Gasteiger partial charge is 0.496 e. The first-order valence-corrected chi connectivity index (χ1v) is 9.95. The molecule has 0 radical (unpaired) electrons. The van der Waals surface area contributed by atoms with Gasteiger partial charge in [0.1, 0.15) is 12.4 Å². The van der Waals surface area contributed by atoms with E-state index in [0.717, 1.165) is 48.7 Å².